The number of carbonyl (C=O) groups excluding carboxylic acids is 2. The number of aromatic nitrogens is 1. The van der Waals surface area contributed by atoms with E-state index in [-0.39, 0.29) is 16.8 Å². The van der Waals surface area contributed by atoms with Crippen molar-refractivity contribution in [3.63, 3.8) is 0 Å². The summed E-state index contributed by atoms with van der Waals surface area (Å²) in [6.07, 6.45) is 0.435. The zero-order valence-corrected chi connectivity index (χ0v) is 15.7. The highest BCUT2D eigenvalue weighted by Crippen LogP contribution is 2.26. The smallest absolute Gasteiger partial charge is 0.342 e. The SMILES string of the molecule is CC(OC(=O)c1cccnc1Cl)C(=O)NC(C)c1ccc(Cl)cc1Cl. The van der Waals surface area contributed by atoms with Crippen LogP contribution in [0.1, 0.15) is 35.8 Å². The van der Waals surface area contributed by atoms with Gasteiger partial charge in [-0.1, -0.05) is 40.9 Å². The summed E-state index contributed by atoms with van der Waals surface area (Å²) in [4.78, 5) is 28.1. The maximum absolute atomic E-state index is 12.3. The van der Waals surface area contributed by atoms with Crippen molar-refractivity contribution in [2.45, 2.75) is 26.0 Å². The van der Waals surface area contributed by atoms with Gasteiger partial charge in [0.15, 0.2) is 6.10 Å². The van der Waals surface area contributed by atoms with Gasteiger partial charge in [-0.2, -0.15) is 0 Å². The molecule has 2 rings (SSSR count). The maximum atomic E-state index is 12.3. The molecule has 0 aliphatic heterocycles. The van der Waals surface area contributed by atoms with Gasteiger partial charge in [0.2, 0.25) is 0 Å². The van der Waals surface area contributed by atoms with Gasteiger partial charge < -0.3 is 10.1 Å². The van der Waals surface area contributed by atoms with E-state index in [1.165, 1.54) is 19.2 Å². The third-order valence-electron chi connectivity index (χ3n) is 3.42. The number of nitrogens with zero attached hydrogens (tertiary/aromatic N) is 1. The Bertz CT molecular complexity index is 798. The molecular weight excluding hydrogens is 387 g/mol. The van der Waals surface area contributed by atoms with E-state index in [1.54, 1.807) is 31.2 Å². The fraction of sp³-hybridized carbons (Fsp3) is 0.235. The van der Waals surface area contributed by atoms with Crippen molar-refractivity contribution in [2.24, 2.45) is 0 Å². The number of pyridine rings is 1. The molecule has 0 aliphatic rings. The molecule has 0 saturated heterocycles. The Balaban J connectivity index is 2.00. The predicted molar refractivity (Wildman–Crippen MR) is 97.1 cm³/mol. The van der Waals surface area contributed by atoms with Gasteiger partial charge in [-0.05, 0) is 43.7 Å². The summed E-state index contributed by atoms with van der Waals surface area (Å²) in [5, 5.41) is 3.69. The lowest BCUT2D eigenvalue weighted by Crippen LogP contribution is -2.37. The van der Waals surface area contributed by atoms with Gasteiger partial charge in [0.25, 0.3) is 5.91 Å². The Morgan fingerprint density at radius 1 is 1.16 bits per heavy atom. The molecule has 132 valence electrons. The molecule has 1 heterocycles. The van der Waals surface area contributed by atoms with Crippen LogP contribution in [0.25, 0.3) is 0 Å². The van der Waals surface area contributed by atoms with Crippen LogP contribution in [0.3, 0.4) is 0 Å². The molecule has 25 heavy (non-hydrogen) atoms. The van der Waals surface area contributed by atoms with Crippen LogP contribution in [0, 0.1) is 0 Å². The van der Waals surface area contributed by atoms with E-state index in [9.17, 15) is 9.59 Å². The number of ether oxygens (including phenoxy) is 1. The second kappa shape index (κ2) is 8.52. The van der Waals surface area contributed by atoms with E-state index in [0.29, 0.717) is 15.6 Å². The number of benzene rings is 1. The first-order chi connectivity index (χ1) is 11.8. The van der Waals surface area contributed by atoms with Crippen LogP contribution in [0.4, 0.5) is 0 Å². The molecule has 0 spiro atoms. The number of nitrogens with one attached hydrogen (secondary N) is 1. The number of hydrogen-bond acceptors (Lipinski definition) is 4. The second-order valence-electron chi connectivity index (χ2n) is 5.29. The van der Waals surface area contributed by atoms with Gasteiger partial charge in [-0.3, -0.25) is 4.79 Å². The molecule has 0 radical (unpaired) electrons. The summed E-state index contributed by atoms with van der Waals surface area (Å²) in [5.74, 6) is -1.19. The normalized spacial score (nSPS) is 13.0. The number of esters is 1. The Hall–Kier alpha value is -1.82. The molecule has 2 atom stereocenters. The zero-order valence-electron chi connectivity index (χ0n) is 13.4. The fourth-order valence-corrected chi connectivity index (χ4v) is 2.85. The zero-order chi connectivity index (χ0) is 18.6. The Labute approximate surface area is 160 Å². The minimum atomic E-state index is -1.02. The van der Waals surface area contributed by atoms with Gasteiger partial charge in [0.1, 0.15) is 5.15 Å². The minimum absolute atomic E-state index is 0.0152. The first-order valence-electron chi connectivity index (χ1n) is 7.36. The fourth-order valence-electron chi connectivity index (χ4n) is 2.08. The lowest BCUT2D eigenvalue weighted by molar-refractivity contribution is -0.129. The number of carbonyl (C=O) groups is 2. The molecule has 1 N–H and O–H groups in total. The first kappa shape index (κ1) is 19.5. The topological polar surface area (TPSA) is 68.3 Å². The summed E-state index contributed by atoms with van der Waals surface area (Å²) >= 11 is 17.8. The predicted octanol–water partition coefficient (Wildman–Crippen LogP) is 4.46. The molecule has 1 amide bonds. The highest BCUT2D eigenvalue weighted by Gasteiger charge is 2.23. The molecule has 5 nitrogen and oxygen atoms in total. The van der Waals surface area contributed by atoms with E-state index < -0.39 is 18.0 Å². The molecule has 0 aliphatic carbocycles. The summed E-state index contributed by atoms with van der Waals surface area (Å²) < 4.78 is 5.14. The summed E-state index contributed by atoms with van der Waals surface area (Å²) in [7, 11) is 0. The van der Waals surface area contributed by atoms with Crippen molar-refractivity contribution in [1.82, 2.24) is 10.3 Å². The number of rotatable bonds is 5. The van der Waals surface area contributed by atoms with Gasteiger partial charge in [-0.15, -0.1) is 0 Å². The van der Waals surface area contributed by atoms with E-state index in [2.05, 4.69) is 10.3 Å². The van der Waals surface area contributed by atoms with Crippen LogP contribution in [-0.2, 0) is 9.53 Å². The largest absolute Gasteiger partial charge is 0.449 e. The van der Waals surface area contributed by atoms with E-state index in [0.717, 1.165) is 0 Å². The summed E-state index contributed by atoms with van der Waals surface area (Å²) in [6.45, 7) is 3.23. The standard InChI is InChI=1S/C17H15Cl3N2O3/c1-9(12-6-5-11(18)8-14(12)19)22-16(23)10(2)25-17(24)13-4-3-7-21-15(13)20/h3-10H,1-2H3,(H,22,23). The van der Waals surface area contributed by atoms with Gasteiger partial charge in [0, 0.05) is 16.2 Å². The number of amides is 1. The molecule has 2 unspecified atom stereocenters. The number of hydrogen-bond donors (Lipinski definition) is 1. The molecule has 0 saturated carbocycles. The lowest BCUT2D eigenvalue weighted by Gasteiger charge is -2.19. The lowest BCUT2D eigenvalue weighted by atomic mass is 10.1. The van der Waals surface area contributed by atoms with Crippen molar-refractivity contribution < 1.29 is 14.3 Å². The Kier molecular flexibility index (Phi) is 6.64. The van der Waals surface area contributed by atoms with E-state index in [4.69, 9.17) is 39.5 Å². The van der Waals surface area contributed by atoms with Crippen LogP contribution in [-0.4, -0.2) is 23.0 Å². The monoisotopic (exact) mass is 400 g/mol. The summed E-state index contributed by atoms with van der Waals surface area (Å²) in [5.41, 5.74) is 0.797. The molecule has 2 aromatic rings. The molecule has 1 aromatic heterocycles. The quantitative estimate of drug-likeness (QED) is 0.593. The molecule has 8 heteroatoms. The van der Waals surface area contributed by atoms with Crippen molar-refractivity contribution in [2.75, 3.05) is 0 Å². The van der Waals surface area contributed by atoms with Crippen LogP contribution in [0.2, 0.25) is 15.2 Å². The van der Waals surface area contributed by atoms with Crippen molar-refractivity contribution in [1.29, 1.82) is 0 Å². The minimum Gasteiger partial charge on any atom is -0.449 e. The van der Waals surface area contributed by atoms with E-state index in [1.807, 2.05) is 0 Å². The third-order valence-corrected chi connectivity index (χ3v) is 4.28. The van der Waals surface area contributed by atoms with Gasteiger partial charge >= 0.3 is 5.97 Å². The van der Waals surface area contributed by atoms with Crippen LogP contribution in [0.5, 0.6) is 0 Å². The Morgan fingerprint density at radius 3 is 2.52 bits per heavy atom. The number of halogens is 3. The van der Waals surface area contributed by atoms with E-state index >= 15 is 0 Å². The van der Waals surface area contributed by atoms with Crippen molar-refractivity contribution >= 4 is 46.7 Å². The Morgan fingerprint density at radius 2 is 1.88 bits per heavy atom. The summed E-state index contributed by atoms with van der Waals surface area (Å²) in [6, 6.07) is 7.63. The first-order valence-corrected chi connectivity index (χ1v) is 8.49. The third kappa shape index (κ3) is 5.08. The van der Waals surface area contributed by atoms with Crippen molar-refractivity contribution in [3.8, 4) is 0 Å². The molecule has 1 aromatic carbocycles. The second-order valence-corrected chi connectivity index (χ2v) is 6.49. The van der Waals surface area contributed by atoms with Gasteiger partial charge in [-0.25, -0.2) is 9.78 Å². The average Bonchev–Trinajstić information content (AvgIpc) is 2.54. The van der Waals surface area contributed by atoms with Crippen LogP contribution < -0.4 is 5.32 Å². The molecular formula is C17H15Cl3N2O3. The highest BCUT2D eigenvalue weighted by atomic mass is 35.5. The average molecular weight is 402 g/mol. The highest BCUT2D eigenvalue weighted by molar-refractivity contribution is 6.35. The molecule has 0 fully saturated rings. The molecule has 0 bridgehead atoms. The van der Waals surface area contributed by atoms with Crippen LogP contribution >= 0.6 is 34.8 Å². The van der Waals surface area contributed by atoms with Gasteiger partial charge in [0.05, 0.1) is 11.6 Å². The maximum Gasteiger partial charge on any atom is 0.342 e. The van der Waals surface area contributed by atoms with Crippen molar-refractivity contribution in [3.05, 3.63) is 62.9 Å². The van der Waals surface area contributed by atoms with Crippen LogP contribution in [0.15, 0.2) is 36.5 Å².